The molecule has 3 nitrogen and oxygen atoms in total. The quantitative estimate of drug-likeness (QED) is 0.682. The van der Waals surface area contributed by atoms with Gasteiger partial charge in [0.05, 0.1) is 0 Å². The molecule has 1 heterocycles. The first-order valence-electron chi connectivity index (χ1n) is 5.01. The van der Waals surface area contributed by atoms with Crippen LogP contribution in [0.3, 0.4) is 0 Å². The largest absolute Gasteiger partial charge is 0.444 e. The van der Waals surface area contributed by atoms with Gasteiger partial charge in [0.2, 0.25) is 0 Å². The van der Waals surface area contributed by atoms with Crippen molar-refractivity contribution >= 4 is 18.7 Å². The van der Waals surface area contributed by atoms with Gasteiger partial charge >= 0.3 is 6.09 Å². The minimum Gasteiger partial charge on any atom is -0.444 e. The first-order chi connectivity index (χ1) is 6.42. The highest BCUT2D eigenvalue weighted by molar-refractivity contribution is 7.80. The van der Waals surface area contributed by atoms with Gasteiger partial charge in [0, 0.05) is 13.1 Å². The van der Waals surface area contributed by atoms with Gasteiger partial charge in [0.1, 0.15) is 5.60 Å². The second-order valence-corrected chi connectivity index (χ2v) is 5.13. The highest BCUT2D eigenvalue weighted by atomic mass is 32.1. The number of ether oxygens (including phenoxy) is 1. The molecule has 1 aliphatic rings. The van der Waals surface area contributed by atoms with E-state index in [4.69, 9.17) is 4.74 Å². The SMILES string of the molecule is CC(C)(C)OC(=O)N1CC[C@H](CS)C1. The van der Waals surface area contributed by atoms with E-state index in [2.05, 4.69) is 12.6 Å². The molecule has 82 valence electrons. The van der Waals surface area contributed by atoms with Gasteiger partial charge in [-0.1, -0.05) is 0 Å². The van der Waals surface area contributed by atoms with Crippen LogP contribution in [0.15, 0.2) is 0 Å². The summed E-state index contributed by atoms with van der Waals surface area (Å²) in [6, 6.07) is 0. The predicted molar refractivity (Wildman–Crippen MR) is 59.8 cm³/mol. The Morgan fingerprint density at radius 1 is 1.57 bits per heavy atom. The second kappa shape index (κ2) is 4.43. The Balaban J connectivity index is 2.40. The normalized spacial score (nSPS) is 22.6. The number of hydrogen-bond acceptors (Lipinski definition) is 3. The van der Waals surface area contributed by atoms with Gasteiger partial charge in [-0.05, 0) is 38.9 Å². The summed E-state index contributed by atoms with van der Waals surface area (Å²) in [4.78, 5) is 13.4. The lowest BCUT2D eigenvalue weighted by molar-refractivity contribution is 0.0289. The zero-order valence-corrected chi connectivity index (χ0v) is 10.0. The van der Waals surface area contributed by atoms with Crippen molar-refractivity contribution in [2.75, 3.05) is 18.8 Å². The maximum Gasteiger partial charge on any atom is 0.410 e. The molecule has 1 aliphatic heterocycles. The summed E-state index contributed by atoms with van der Waals surface area (Å²) < 4.78 is 5.28. The zero-order chi connectivity index (χ0) is 10.8. The van der Waals surface area contributed by atoms with Crippen LogP contribution < -0.4 is 0 Å². The molecule has 1 saturated heterocycles. The Bertz CT molecular complexity index is 213. The Labute approximate surface area is 91.2 Å². The molecule has 1 atom stereocenters. The molecule has 14 heavy (non-hydrogen) atoms. The highest BCUT2D eigenvalue weighted by Crippen LogP contribution is 2.19. The molecular weight excluding hydrogens is 198 g/mol. The molecule has 4 heteroatoms. The second-order valence-electron chi connectivity index (χ2n) is 4.76. The van der Waals surface area contributed by atoms with Crippen LogP contribution in [0.2, 0.25) is 0 Å². The smallest absolute Gasteiger partial charge is 0.410 e. The van der Waals surface area contributed by atoms with E-state index < -0.39 is 5.60 Å². The van der Waals surface area contributed by atoms with Crippen molar-refractivity contribution in [1.82, 2.24) is 4.90 Å². The zero-order valence-electron chi connectivity index (χ0n) is 9.12. The molecule has 0 saturated carbocycles. The van der Waals surface area contributed by atoms with Crippen molar-refractivity contribution < 1.29 is 9.53 Å². The molecule has 0 aromatic heterocycles. The molecule has 0 unspecified atom stereocenters. The van der Waals surface area contributed by atoms with Gasteiger partial charge in [0.25, 0.3) is 0 Å². The number of hydrogen-bond donors (Lipinski definition) is 1. The Hall–Kier alpha value is -0.380. The summed E-state index contributed by atoms with van der Waals surface area (Å²) >= 11 is 4.23. The van der Waals surface area contributed by atoms with E-state index in [0.717, 1.165) is 25.3 Å². The summed E-state index contributed by atoms with van der Waals surface area (Å²) in [5.74, 6) is 1.38. The van der Waals surface area contributed by atoms with Crippen molar-refractivity contribution in [3.8, 4) is 0 Å². The molecule has 0 spiro atoms. The Morgan fingerprint density at radius 3 is 2.64 bits per heavy atom. The lowest BCUT2D eigenvalue weighted by atomic mass is 10.2. The standard InChI is InChI=1S/C10H19NO2S/c1-10(2,3)13-9(12)11-5-4-8(6-11)7-14/h8,14H,4-7H2,1-3H3/t8-/m0/s1. The van der Waals surface area contributed by atoms with Gasteiger partial charge in [-0.3, -0.25) is 0 Å². The van der Waals surface area contributed by atoms with E-state index in [1.54, 1.807) is 4.90 Å². The average molecular weight is 217 g/mol. The predicted octanol–water partition coefficient (Wildman–Crippen LogP) is 2.17. The van der Waals surface area contributed by atoms with Gasteiger partial charge in [-0.15, -0.1) is 0 Å². The molecular formula is C10H19NO2S. The minimum absolute atomic E-state index is 0.193. The number of amides is 1. The van der Waals surface area contributed by atoms with Crippen LogP contribution in [0.5, 0.6) is 0 Å². The fourth-order valence-corrected chi connectivity index (χ4v) is 1.77. The third-order valence-corrected chi connectivity index (χ3v) is 2.71. The molecule has 0 radical (unpaired) electrons. The Morgan fingerprint density at radius 2 is 2.21 bits per heavy atom. The summed E-state index contributed by atoms with van der Waals surface area (Å²) in [7, 11) is 0. The topological polar surface area (TPSA) is 29.5 Å². The maximum atomic E-state index is 11.6. The van der Waals surface area contributed by atoms with Crippen molar-refractivity contribution in [2.24, 2.45) is 5.92 Å². The Kier molecular flexibility index (Phi) is 3.70. The number of rotatable bonds is 1. The number of carbonyl (C=O) groups is 1. The summed E-state index contributed by atoms with van der Waals surface area (Å²) in [5.41, 5.74) is -0.393. The van der Waals surface area contributed by atoms with E-state index in [-0.39, 0.29) is 6.09 Å². The monoisotopic (exact) mass is 217 g/mol. The van der Waals surface area contributed by atoms with Gasteiger partial charge < -0.3 is 9.64 Å². The van der Waals surface area contributed by atoms with E-state index >= 15 is 0 Å². The fraction of sp³-hybridized carbons (Fsp3) is 0.900. The van der Waals surface area contributed by atoms with Gasteiger partial charge in [-0.2, -0.15) is 12.6 Å². The highest BCUT2D eigenvalue weighted by Gasteiger charge is 2.28. The molecule has 1 amide bonds. The third-order valence-electron chi connectivity index (χ3n) is 2.20. The molecule has 1 fully saturated rings. The van der Waals surface area contributed by atoms with E-state index in [1.807, 2.05) is 20.8 Å². The van der Waals surface area contributed by atoms with E-state index in [1.165, 1.54) is 0 Å². The van der Waals surface area contributed by atoms with Crippen LogP contribution in [0, 0.1) is 5.92 Å². The molecule has 0 bridgehead atoms. The lowest BCUT2D eigenvalue weighted by Crippen LogP contribution is -2.35. The van der Waals surface area contributed by atoms with Crippen molar-refractivity contribution in [3.63, 3.8) is 0 Å². The van der Waals surface area contributed by atoms with Crippen LogP contribution in [0.1, 0.15) is 27.2 Å². The van der Waals surface area contributed by atoms with Crippen molar-refractivity contribution in [1.29, 1.82) is 0 Å². The van der Waals surface area contributed by atoms with Crippen LogP contribution in [-0.2, 0) is 4.74 Å². The summed E-state index contributed by atoms with van der Waals surface area (Å²) in [6.07, 6.45) is 0.852. The van der Waals surface area contributed by atoms with Crippen molar-refractivity contribution in [3.05, 3.63) is 0 Å². The number of thiol groups is 1. The van der Waals surface area contributed by atoms with Gasteiger partial charge in [-0.25, -0.2) is 4.79 Å². The first-order valence-corrected chi connectivity index (χ1v) is 5.64. The lowest BCUT2D eigenvalue weighted by Gasteiger charge is -2.24. The number of likely N-dealkylation sites (tertiary alicyclic amines) is 1. The van der Waals surface area contributed by atoms with E-state index in [9.17, 15) is 4.79 Å². The fourth-order valence-electron chi connectivity index (χ4n) is 1.47. The van der Waals surface area contributed by atoms with E-state index in [0.29, 0.717) is 5.92 Å². The molecule has 0 aromatic rings. The molecule has 0 aliphatic carbocycles. The van der Waals surface area contributed by atoms with Crippen molar-refractivity contribution in [2.45, 2.75) is 32.8 Å². The average Bonchev–Trinajstić information content (AvgIpc) is 2.48. The number of nitrogens with zero attached hydrogens (tertiary/aromatic N) is 1. The van der Waals surface area contributed by atoms with Crippen LogP contribution in [0.4, 0.5) is 4.79 Å². The first kappa shape index (κ1) is 11.7. The maximum absolute atomic E-state index is 11.6. The summed E-state index contributed by atoms with van der Waals surface area (Å²) in [6.45, 7) is 7.25. The summed E-state index contributed by atoms with van der Waals surface area (Å²) in [5, 5.41) is 0. The molecule has 1 rings (SSSR count). The third kappa shape index (κ3) is 3.40. The van der Waals surface area contributed by atoms with Gasteiger partial charge in [0.15, 0.2) is 0 Å². The number of carbonyl (C=O) groups excluding carboxylic acids is 1. The van der Waals surface area contributed by atoms with Crippen LogP contribution >= 0.6 is 12.6 Å². The molecule has 0 aromatic carbocycles. The molecule has 0 N–H and O–H groups in total. The van der Waals surface area contributed by atoms with Crippen LogP contribution in [-0.4, -0.2) is 35.4 Å². The van der Waals surface area contributed by atoms with Crippen LogP contribution in [0.25, 0.3) is 0 Å². The minimum atomic E-state index is -0.393.